The highest BCUT2D eigenvalue weighted by Crippen LogP contribution is 2.17. The minimum absolute atomic E-state index is 0.117. The van der Waals surface area contributed by atoms with Crippen LogP contribution in [0.2, 0.25) is 0 Å². The number of hydrogen-bond donors (Lipinski definition) is 1. The van der Waals surface area contributed by atoms with Crippen LogP contribution in [0, 0.1) is 17.6 Å². The summed E-state index contributed by atoms with van der Waals surface area (Å²) in [4.78, 5) is 11.7. The number of carbonyl (C=O) groups is 1. The summed E-state index contributed by atoms with van der Waals surface area (Å²) in [6.45, 7) is 2.04. The van der Waals surface area contributed by atoms with Crippen molar-refractivity contribution in [2.45, 2.75) is 19.3 Å². The molecule has 0 saturated carbocycles. The minimum atomic E-state index is -0.830. The minimum Gasteiger partial charge on any atom is -0.381 e. The van der Waals surface area contributed by atoms with Gasteiger partial charge < -0.3 is 10.1 Å². The normalized spacial score (nSPS) is 16.3. The molecule has 1 aromatic rings. The number of ether oxygens (including phenoxy) is 1. The van der Waals surface area contributed by atoms with Crippen LogP contribution in [0.3, 0.4) is 0 Å². The van der Waals surface area contributed by atoms with E-state index < -0.39 is 17.5 Å². The van der Waals surface area contributed by atoms with Crippen LogP contribution in [0.5, 0.6) is 0 Å². The molecular weight excluding hydrogens is 252 g/mol. The van der Waals surface area contributed by atoms with E-state index in [4.69, 9.17) is 4.74 Å². The van der Waals surface area contributed by atoms with E-state index in [1.54, 1.807) is 0 Å². The highest BCUT2D eigenvalue weighted by Gasteiger charge is 2.15. The van der Waals surface area contributed by atoms with Crippen molar-refractivity contribution >= 4 is 5.91 Å². The Kier molecular flexibility index (Phi) is 4.85. The molecule has 19 heavy (non-hydrogen) atoms. The quantitative estimate of drug-likeness (QED) is 0.912. The summed E-state index contributed by atoms with van der Waals surface area (Å²) in [6, 6.07) is 2.96. The number of hydrogen-bond acceptors (Lipinski definition) is 2. The Balaban J connectivity index is 1.80. The molecule has 104 valence electrons. The molecule has 1 heterocycles. The molecule has 0 unspecified atom stereocenters. The molecule has 5 heteroatoms. The third-order valence-corrected chi connectivity index (χ3v) is 3.35. The zero-order chi connectivity index (χ0) is 13.7. The molecule has 0 spiro atoms. The molecule has 0 atom stereocenters. The van der Waals surface area contributed by atoms with Crippen LogP contribution in [0.4, 0.5) is 8.78 Å². The molecule has 1 aliphatic heterocycles. The molecule has 3 nitrogen and oxygen atoms in total. The van der Waals surface area contributed by atoms with E-state index in [1.807, 2.05) is 0 Å². The fourth-order valence-electron chi connectivity index (χ4n) is 2.19. The fraction of sp³-hybridized carbons (Fsp3) is 0.500. The number of nitrogens with one attached hydrogen (secondary N) is 1. The first-order valence-electron chi connectivity index (χ1n) is 6.48. The number of halogens is 2. The van der Waals surface area contributed by atoms with Gasteiger partial charge in [0.2, 0.25) is 0 Å². The Morgan fingerprint density at radius 2 is 2.05 bits per heavy atom. The Labute approximate surface area is 111 Å². The van der Waals surface area contributed by atoms with Gasteiger partial charge >= 0.3 is 0 Å². The van der Waals surface area contributed by atoms with Crippen molar-refractivity contribution in [2.24, 2.45) is 5.92 Å². The van der Waals surface area contributed by atoms with E-state index in [2.05, 4.69) is 5.32 Å². The van der Waals surface area contributed by atoms with E-state index in [-0.39, 0.29) is 5.56 Å². The van der Waals surface area contributed by atoms with Gasteiger partial charge in [-0.15, -0.1) is 0 Å². The second-order valence-corrected chi connectivity index (χ2v) is 4.72. The van der Waals surface area contributed by atoms with Crippen LogP contribution in [0.25, 0.3) is 0 Å². The molecule has 0 bridgehead atoms. The largest absolute Gasteiger partial charge is 0.381 e. The van der Waals surface area contributed by atoms with Crippen LogP contribution in [0.15, 0.2) is 18.2 Å². The van der Waals surface area contributed by atoms with Crippen LogP contribution in [-0.4, -0.2) is 25.7 Å². The van der Waals surface area contributed by atoms with Gasteiger partial charge in [0.15, 0.2) is 0 Å². The first-order valence-corrected chi connectivity index (χ1v) is 6.48. The van der Waals surface area contributed by atoms with Gasteiger partial charge in [0.05, 0.1) is 5.56 Å². The summed E-state index contributed by atoms with van der Waals surface area (Å²) in [7, 11) is 0. The Morgan fingerprint density at radius 3 is 2.74 bits per heavy atom. The summed E-state index contributed by atoms with van der Waals surface area (Å²) in [5.41, 5.74) is -0.117. The fourth-order valence-corrected chi connectivity index (χ4v) is 2.19. The van der Waals surface area contributed by atoms with E-state index in [1.165, 1.54) is 0 Å². The molecule has 0 aromatic heterocycles. The van der Waals surface area contributed by atoms with Gasteiger partial charge in [0, 0.05) is 25.8 Å². The molecule has 2 rings (SSSR count). The highest BCUT2D eigenvalue weighted by molar-refractivity contribution is 5.94. The standard InChI is InChI=1S/C14H17F2NO2/c15-11-1-2-12(13(16)9-11)14(18)17-6-3-10-4-7-19-8-5-10/h1-2,9-10H,3-8H2,(H,17,18). The summed E-state index contributed by atoms with van der Waals surface area (Å²) < 4.78 is 31.3. The Morgan fingerprint density at radius 1 is 1.32 bits per heavy atom. The molecule has 0 aliphatic carbocycles. The molecule has 0 radical (unpaired) electrons. The van der Waals surface area contributed by atoms with Gasteiger partial charge in [-0.2, -0.15) is 0 Å². The lowest BCUT2D eigenvalue weighted by molar-refractivity contribution is 0.0636. The molecule has 1 aromatic carbocycles. The summed E-state index contributed by atoms with van der Waals surface area (Å²) >= 11 is 0. The first kappa shape index (κ1) is 13.9. The lowest BCUT2D eigenvalue weighted by Crippen LogP contribution is -2.28. The number of amides is 1. The van der Waals surface area contributed by atoms with Crippen molar-refractivity contribution in [1.82, 2.24) is 5.32 Å². The monoisotopic (exact) mass is 269 g/mol. The van der Waals surface area contributed by atoms with Gasteiger partial charge in [-0.25, -0.2) is 8.78 Å². The third kappa shape index (κ3) is 3.99. The maximum absolute atomic E-state index is 13.4. The topological polar surface area (TPSA) is 38.3 Å². The number of rotatable bonds is 4. The number of carbonyl (C=O) groups excluding carboxylic acids is 1. The van der Waals surface area contributed by atoms with Gasteiger partial charge in [-0.05, 0) is 37.3 Å². The van der Waals surface area contributed by atoms with E-state index in [9.17, 15) is 13.6 Å². The highest BCUT2D eigenvalue weighted by atomic mass is 19.1. The van der Waals surface area contributed by atoms with Crippen molar-refractivity contribution < 1.29 is 18.3 Å². The summed E-state index contributed by atoms with van der Waals surface area (Å²) in [5, 5.41) is 2.66. The van der Waals surface area contributed by atoms with E-state index in [0.717, 1.165) is 44.6 Å². The summed E-state index contributed by atoms with van der Waals surface area (Å²) in [5.74, 6) is -1.46. The SMILES string of the molecule is O=C(NCCC1CCOCC1)c1ccc(F)cc1F. The molecule has 1 saturated heterocycles. The van der Waals surface area contributed by atoms with Gasteiger partial charge in [-0.3, -0.25) is 4.79 Å². The van der Waals surface area contributed by atoms with Crippen molar-refractivity contribution in [3.8, 4) is 0 Å². The second-order valence-electron chi connectivity index (χ2n) is 4.72. The molecule has 1 amide bonds. The maximum Gasteiger partial charge on any atom is 0.254 e. The van der Waals surface area contributed by atoms with Crippen LogP contribution < -0.4 is 5.32 Å². The predicted octanol–water partition coefficient (Wildman–Crippen LogP) is 2.51. The van der Waals surface area contributed by atoms with Crippen LogP contribution >= 0.6 is 0 Å². The van der Waals surface area contributed by atoms with E-state index >= 15 is 0 Å². The van der Waals surface area contributed by atoms with Crippen molar-refractivity contribution in [1.29, 1.82) is 0 Å². The van der Waals surface area contributed by atoms with Crippen molar-refractivity contribution in [2.75, 3.05) is 19.8 Å². The summed E-state index contributed by atoms with van der Waals surface area (Å²) in [6.07, 6.45) is 2.86. The van der Waals surface area contributed by atoms with Crippen molar-refractivity contribution in [3.05, 3.63) is 35.4 Å². The molecular formula is C14H17F2NO2. The lowest BCUT2D eigenvalue weighted by atomic mass is 9.97. The van der Waals surface area contributed by atoms with Gasteiger partial charge in [-0.1, -0.05) is 0 Å². The van der Waals surface area contributed by atoms with Crippen molar-refractivity contribution in [3.63, 3.8) is 0 Å². The molecule has 1 fully saturated rings. The van der Waals surface area contributed by atoms with Crippen LogP contribution in [0.1, 0.15) is 29.6 Å². The number of benzene rings is 1. The van der Waals surface area contributed by atoms with Gasteiger partial charge in [0.25, 0.3) is 5.91 Å². The Bertz CT molecular complexity index is 445. The van der Waals surface area contributed by atoms with Crippen LogP contribution in [-0.2, 0) is 4.74 Å². The zero-order valence-electron chi connectivity index (χ0n) is 10.6. The van der Waals surface area contributed by atoms with E-state index in [0.29, 0.717) is 18.5 Å². The molecule has 1 N–H and O–H groups in total. The maximum atomic E-state index is 13.4. The zero-order valence-corrected chi connectivity index (χ0v) is 10.6. The molecule has 1 aliphatic rings. The lowest BCUT2D eigenvalue weighted by Gasteiger charge is -2.21. The first-order chi connectivity index (χ1) is 9.16. The Hall–Kier alpha value is -1.49. The third-order valence-electron chi connectivity index (χ3n) is 3.35. The second kappa shape index (κ2) is 6.61. The average molecular weight is 269 g/mol. The predicted molar refractivity (Wildman–Crippen MR) is 66.9 cm³/mol. The average Bonchev–Trinajstić information content (AvgIpc) is 2.39. The smallest absolute Gasteiger partial charge is 0.254 e. The van der Waals surface area contributed by atoms with Gasteiger partial charge in [0.1, 0.15) is 11.6 Å².